The molecule has 2 aromatic carbocycles. The van der Waals surface area contributed by atoms with E-state index in [1.165, 1.54) is 0 Å². The van der Waals surface area contributed by atoms with Crippen LogP contribution >= 0.6 is 0 Å². The third-order valence-corrected chi connectivity index (χ3v) is 6.12. The number of anilines is 3. The van der Waals surface area contributed by atoms with Crippen LogP contribution in [0.4, 0.5) is 21.9 Å². The van der Waals surface area contributed by atoms with Crippen LogP contribution in [-0.2, 0) is 6.54 Å². The van der Waals surface area contributed by atoms with Crippen LogP contribution in [0, 0.1) is 0 Å². The summed E-state index contributed by atoms with van der Waals surface area (Å²) < 4.78 is 5.56. The maximum Gasteiger partial charge on any atom is 0.322 e. The number of nitrogen functional groups attached to an aromatic ring is 1. The monoisotopic (exact) mass is 518 g/mol. The summed E-state index contributed by atoms with van der Waals surface area (Å²) >= 11 is 0. The van der Waals surface area contributed by atoms with Crippen LogP contribution in [0.5, 0.6) is 5.75 Å². The average molecular weight is 519 g/mol. The number of carbonyl (C=O) groups is 2. The fourth-order valence-electron chi connectivity index (χ4n) is 3.98. The maximum atomic E-state index is 13.3. The first-order chi connectivity index (χ1) is 18.4. The maximum absolute atomic E-state index is 13.3. The zero-order chi connectivity index (χ0) is 27.3. The van der Waals surface area contributed by atoms with E-state index in [9.17, 15) is 9.59 Å². The molecule has 3 amide bonds. The predicted octanol–water partition coefficient (Wildman–Crippen LogP) is 5.08. The zero-order valence-electron chi connectivity index (χ0n) is 22.4. The Bertz CT molecular complexity index is 1180. The molecule has 0 saturated heterocycles. The molecule has 0 fully saturated rings. The Kier molecular flexibility index (Phi) is 10.9. The number of nitrogens with one attached hydrogen (secondary N) is 2. The Morgan fingerprint density at radius 1 is 0.947 bits per heavy atom. The molecule has 0 aliphatic heterocycles. The second kappa shape index (κ2) is 14.6. The van der Waals surface area contributed by atoms with E-state index in [0.717, 1.165) is 31.6 Å². The molecule has 1 heterocycles. The third-order valence-electron chi connectivity index (χ3n) is 6.12. The summed E-state index contributed by atoms with van der Waals surface area (Å²) in [4.78, 5) is 34.3. The van der Waals surface area contributed by atoms with Crippen molar-refractivity contribution in [3.8, 4) is 5.75 Å². The van der Waals surface area contributed by atoms with Crippen molar-refractivity contribution in [2.45, 2.75) is 33.7 Å². The Morgan fingerprint density at radius 3 is 2.42 bits per heavy atom. The number of benzene rings is 2. The molecule has 0 unspecified atom stereocenters. The van der Waals surface area contributed by atoms with E-state index in [1.54, 1.807) is 41.4 Å². The molecule has 0 aliphatic carbocycles. The Labute approximate surface area is 225 Å². The van der Waals surface area contributed by atoms with E-state index in [1.807, 2.05) is 37.3 Å². The molecule has 0 bridgehead atoms. The topological polar surface area (TPSA) is 113 Å². The van der Waals surface area contributed by atoms with E-state index in [0.29, 0.717) is 42.5 Å². The van der Waals surface area contributed by atoms with Crippen LogP contribution in [0.25, 0.3) is 0 Å². The minimum atomic E-state index is -0.350. The van der Waals surface area contributed by atoms with E-state index >= 15 is 0 Å². The number of urea groups is 1. The number of aromatic nitrogens is 1. The smallest absolute Gasteiger partial charge is 0.322 e. The number of pyridine rings is 1. The van der Waals surface area contributed by atoms with Crippen molar-refractivity contribution in [3.63, 3.8) is 0 Å². The predicted molar refractivity (Wildman–Crippen MR) is 152 cm³/mol. The third kappa shape index (κ3) is 8.48. The van der Waals surface area contributed by atoms with Crippen molar-refractivity contribution in [2.24, 2.45) is 0 Å². The van der Waals surface area contributed by atoms with Gasteiger partial charge in [0.05, 0.1) is 18.0 Å². The molecule has 202 valence electrons. The number of para-hydroxylation sites is 2. The van der Waals surface area contributed by atoms with Gasteiger partial charge in [-0.3, -0.25) is 9.78 Å². The highest BCUT2D eigenvalue weighted by atomic mass is 16.5. The summed E-state index contributed by atoms with van der Waals surface area (Å²) in [7, 11) is 0. The number of ether oxygens (including phenoxy) is 1. The molecule has 0 atom stereocenters. The SMILES string of the molecule is CCOc1cccc(NC(=O)N(CCCN(CC)CC)Cc2ccc(C(=O)Nc3ccccc3N)nc2)c1. The lowest BCUT2D eigenvalue weighted by Crippen LogP contribution is -2.37. The van der Waals surface area contributed by atoms with Gasteiger partial charge in [-0.05, 0) is 68.9 Å². The lowest BCUT2D eigenvalue weighted by atomic mass is 10.2. The van der Waals surface area contributed by atoms with Gasteiger partial charge >= 0.3 is 6.03 Å². The summed E-state index contributed by atoms with van der Waals surface area (Å²) in [5.74, 6) is 0.353. The lowest BCUT2D eigenvalue weighted by molar-refractivity contribution is 0.102. The Balaban J connectivity index is 1.69. The van der Waals surface area contributed by atoms with Crippen LogP contribution in [-0.4, -0.2) is 59.5 Å². The molecule has 1 aromatic heterocycles. The molecule has 4 N–H and O–H groups in total. The van der Waals surface area contributed by atoms with Gasteiger partial charge in [0.25, 0.3) is 5.91 Å². The first-order valence-electron chi connectivity index (χ1n) is 13.0. The first kappa shape index (κ1) is 28.5. The van der Waals surface area contributed by atoms with Gasteiger partial charge in [0.15, 0.2) is 0 Å². The summed E-state index contributed by atoms with van der Waals surface area (Å²) in [6.45, 7) is 10.5. The van der Waals surface area contributed by atoms with E-state index in [-0.39, 0.29) is 17.6 Å². The van der Waals surface area contributed by atoms with Crippen molar-refractivity contribution >= 4 is 29.0 Å². The van der Waals surface area contributed by atoms with Gasteiger partial charge in [-0.1, -0.05) is 38.1 Å². The molecular formula is C29H38N6O3. The molecule has 38 heavy (non-hydrogen) atoms. The van der Waals surface area contributed by atoms with Crippen molar-refractivity contribution in [1.82, 2.24) is 14.8 Å². The number of amides is 3. The fraction of sp³-hybridized carbons (Fsp3) is 0.345. The van der Waals surface area contributed by atoms with Gasteiger partial charge < -0.3 is 30.9 Å². The molecule has 0 spiro atoms. The van der Waals surface area contributed by atoms with Crippen LogP contribution in [0.3, 0.4) is 0 Å². The molecule has 0 saturated carbocycles. The molecular weight excluding hydrogens is 480 g/mol. The molecule has 3 aromatic rings. The number of hydrogen-bond donors (Lipinski definition) is 3. The van der Waals surface area contributed by atoms with Crippen molar-refractivity contribution in [3.05, 3.63) is 78.1 Å². The minimum absolute atomic E-state index is 0.209. The van der Waals surface area contributed by atoms with Crippen LogP contribution in [0.15, 0.2) is 66.9 Å². The van der Waals surface area contributed by atoms with Gasteiger partial charge in [-0.25, -0.2) is 4.79 Å². The van der Waals surface area contributed by atoms with Crippen molar-refractivity contribution < 1.29 is 14.3 Å². The fourth-order valence-corrected chi connectivity index (χ4v) is 3.98. The lowest BCUT2D eigenvalue weighted by Gasteiger charge is -2.25. The Hall–Kier alpha value is -4.11. The number of carbonyl (C=O) groups excluding carboxylic acids is 2. The second-order valence-electron chi connectivity index (χ2n) is 8.79. The van der Waals surface area contributed by atoms with Gasteiger partial charge in [0.2, 0.25) is 0 Å². The van der Waals surface area contributed by atoms with Crippen molar-refractivity contribution in [2.75, 3.05) is 49.2 Å². The normalized spacial score (nSPS) is 10.7. The van der Waals surface area contributed by atoms with E-state index in [2.05, 4.69) is 34.4 Å². The Morgan fingerprint density at radius 2 is 1.74 bits per heavy atom. The van der Waals surface area contributed by atoms with Crippen LogP contribution < -0.4 is 21.1 Å². The molecule has 9 nitrogen and oxygen atoms in total. The highest BCUT2D eigenvalue weighted by Crippen LogP contribution is 2.19. The largest absolute Gasteiger partial charge is 0.494 e. The highest BCUT2D eigenvalue weighted by molar-refractivity contribution is 6.04. The minimum Gasteiger partial charge on any atom is -0.494 e. The summed E-state index contributed by atoms with van der Waals surface area (Å²) in [5, 5.41) is 5.77. The standard InChI is InChI=1S/C29H38N6O3/c1-4-34(5-2)17-10-18-35(29(37)32-23-11-9-12-24(19-23)38-6-3)21-22-15-16-27(31-20-22)28(36)33-26-14-8-7-13-25(26)30/h7-9,11-16,19-20H,4-6,10,17-18,21,30H2,1-3H3,(H,32,37)(H,33,36). The molecule has 0 aliphatic rings. The highest BCUT2D eigenvalue weighted by Gasteiger charge is 2.16. The summed E-state index contributed by atoms with van der Waals surface area (Å²) in [6, 6.07) is 17.7. The van der Waals surface area contributed by atoms with Gasteiger partial charge in [-0.15, -0.1) is 0 Å². The number of nitrogens with two attached hydrogens (primary N) is 1. The van der Waals surface area contributed by atoms with Crippen LogP contribution in [0.2, 0.25) is 0 Å². The molecule has 3 rings (SSSR count). The van der Waals surface area contributed by atoms with Gasteiger partial charge in [0, 0.05) is 31.0 Å². The summed E-state index contributed by atoms with van der Waals surface area (Å²) in [5.41, 5.74) is 8.69. The number of hydrogen-bond acceptors (Lipinski definition) is 6. The average Bonchev–Trinajstić information content (AvgIpc) is 2.92. The van der Waals surface area contributed by atoms with Crippen molar-refractivity contribution in [1.29, 1.82) is 0 Å². The molecule has 0 radical (unpaired) electrons. The van der Waals surface area contributed by atoms with E-state index in [4.69, 9.17) is 10.5 Å². The quantitative estimate of drug-likeness (QED) is 0.272. The van der Waals surface area contributed by atoms with Gasteiger partial charge in [-0.2, -0.15) is 0 Å². The molecule has 9 heteroatoms. The van der Waals surface area contributed by atoms with E-state index < -0.39 is 0 Å². The van der Waals surface area contributed by atoms with Crippen LogP contribution in [0.1, 0.15) is 43.2 Å². The first-order valence-corrected chi connectivity index (χ1v) is 13.0. The summed E-state index contributed by atoms with van der Waals surface area (Å²) in [6.07, 6.45) is 2.46. The second-order valence-corrected chi connectivity index (χ2v) is 8.79. The number of rotatable bonds is 13. The number of nitrogens with zero attached hydrogens (tertiary/aromatic N) is 3. The van der Waals surface area contributed by atoms with Gasteiger partial charge in [0.1, 0.15) is 11.4 Å². The zero-order valence-corrected chi connectivity index (χ0v) is 22.4.